The van der Waals surface area contributed by atoms with Crippen molar-refractivity contribution in [2.45, 2.75) is 0 Å². The molecule has 6 rings (SSSR count). The zero-order chi connectivity index (χ0) is 28.3. The standard InChI is InChI=1S/C33H21Cl2N3O3/c34-23-16-13-21(14-17-23)33(40)41-28-12-6-2-8-22(28)19-36-38-32(39)31-29(25-10-4-5-11-27(25)35)26-18-15-20-7-1-3-9-24(20)30(26)37-31/h1-19,37H,(H,38,39). The summed E-state index contributed by atoms with van der Waals surface area (Å²) in [5.41, 5.74) is 6.02. The first-order valence-electron chi connectivity index (χ1n) is 12.7. The molecule has 1 aromatic heterocycles. The fourth-order valence-electron chi connectivity index (χ4n) is 4.69. The number of benzene rings is 5. The Hall–Kier alpha value is -4.91. The molecule has 5 aromatic carbocycles. The molecule has 2 N–H and O–H groups in total. The highest BCUT2D eigenvalue weighted by atomic mass is 35.5. The third-order valence-electron chi connectivity index (χ3n) is 6.64. The van der Waals surface area contributed by atoms with Gasteiger partial charge in [-0.25, -0.2) is 10.2 Å². The van der Waals surface area contributed by atoms with Crippen LogP contribution in [-0.2, 0) is 0 Å². The average molecular weight is 578 g/mol. The normalized spacial score (nSPS) is 11.3. The lowest BCUT2D eigenvalue weighted by Gasteiger charge is -2.08. The van der Waals surface area contributed by atoms with E-state index in [0.717, 1.165) is 27.2 Å². The van der Waals surface area contributed by atoms with Crippen molar-refractivity contribution >= 4 is 63.0 Å². The maximum absolute atomic E-state index is 13.5. The number of hydrogen-bond acceptors (Lipinski definition) is 4. The number of amides is 1. The van der Waals surface area contributed by atoms with Gasteiger partial charge in [0.05, 0.1) is 17.3 Å². The van der Waals surface area contributed by atoms with E-state index < -0.39 is 11.9 Å². The van der Waals surface area contributed by atoms with Crippen molar-refractivity contribution < 1.29 is 14.3 Å². The molecule has 0 bridgehead atoms. The SMILES string of the molecule is O=C(Oc1ccccc1C=NNC(=O)c1[nH]c2c(ccc3ccccc32)c1-c1ccccc1Cl)c1ccc(Cl)cc1. The van der Waals surface area contributed by atoms with Crippen molar-refractivity contribution in [1.29, 1.82) is 0 Å². The highest BCUT2D eigenvalue weighted by Crippen LogP contribution is 2.39. The molecular weight excluding hydrogens is 557 g/mol. The van der Waals surface area contributed by atoms with E-state index >= 15 is 0 Å². The fourth-order valence-corrected chi connectivity index (χ4v) is 5.05. The van der Waals surface area contributed by atoms with Crippen LogP contribution in [0.2, 0.25) is 10.0 Å². The Morgan fingerprint density at radius 1 is 0.780 bits per heavy atom. The van der Waals surface area contributed by atoms with E-state index in [1.807, 2.05) is 54.6 Å². The van der Waals surface area contributed by atoms with Gasteiger partial charge in [0.25, 0.3) is 5.91 Å². The number of nitrogens with one attached hydrogen (secondary N) is 2. The van der Waals surface area contributed by atoms with Crippen LogP contribution in [0.5, 0.6) is 5.75 Å². The molecule has 200 valence electrons. The smallest absolute Gasteiger partial charge is 0.343 e. The minimum absolute atomic E-state index is 0.291. The van der Waals surface area contributed by atoms with Gasteiger partial charge in [0.15, 0.2) is 0 Å². The van der Waals surface area contributed by atoms with E-state index in [-0.39, 0.29) is 0 Å². The van der Waals surface area contributed by atoms with E-state index in [2.05, 4.69) is 15.5 Å². The second-order valence-corrected chi connectivity index (χ2v) is 10.0. The molecule has 1 heterocycles. The van der Waals surface area contributed by atoms with Gasteiger partial charge in [0.1, 0.15) is 11.4 Å². The van der Waals surface area contributed by atoms with Crippen LogP contribution in [0.15, 0.2) is 114 Å². The van der Waals surface area contributed by atoms with Crippen LogP contribution < -0.4 is 10.2 Å². The zero-order valence-corrected chi connectivity index (χ0v) is 22.9. The zero-order valence-electron chi connectivity index (χ0n) is 21.4. The van der Waals surface area contributed by atoms with Crippen molar-refractivity contribution in [3.63, 3.8) is 0 Å². The Morgan fingerprint density at radius 3 is 2.34 bits per heavy atom. The number of hydrazone groups is 1. The Labute approximate surface area is 245 Å². The molecule has 0 saturated heterocycles. The van der Waals surface area contributed by atoms with Crippen molar-refractivity contribution in [3.8, 4) is 16.9 Å². The van der Waals surface area contributed by atoms with E-state index in [0.29, 0.717) is 38.2 Å². The van der Waals surface area contributed by atoms with Gasteiger partial charge < -0.3 is 9.72 Å². The molecule has 8 heteroatoms. The maximum atomic E-state index is 13.5. The average Bonchev–Trinajstić information content (AvgIpc) is 3.39. The highest BCUT2D eigenvalue weighted by molar-refractivity contribution is 6.34. The first kappa shape index (κ1) is 26.3. The number of fused-ring (bicyclic) bond motifs is 3. The van der Waals surface area contributed by atoms with Crippen molar-refractivity contribution in [3.05, 3.63) is 136 Å². The number of hydrogen-bond donors (Lipinski definition) is 2. The minimum atomic E-state index is -0.541. The van der Waals surface area contributed by atoms with Crippen molar-refractivity contribution in [1.82, 2.24) is 10.4 Å². The summed E-state index contributed by atoms with van der Waals surface area (Å²) >= 11 is 12.5. The maximum Gasteiger partial charge on any atom is 0.343 e. The molecule has 0 radical (unpaired) electrons. The van der Waals surface area contributed by atoms with E-state index in [1.165, 1.54) is 6.21 Å². The summed E-state index contributed by atoms with van der Waals surface area (Å²) in [6, 6.07) is 32.7. The molecular formula is C33H21Cl2N3O3. The molecule has 0 atom stereocenters. The second kappa shape index (κ2) is 11.3. The van der Waals surface area contributed by atoms with Crippen molar-refractivity contribution in [2.24, 2.45) is 5.10 Å². The van der Waals surface area contributed by atoms with E-state index in [9.17, 15) is 9.59 Å². The molecule has 6 nitrogen and oxygen atoms in total. The van der Waals surface area contributed by atoms with Gasteiger partial charge in [0.2, 0.25) is 0 Å². The third kappa shape index (κ3) is 5.31. The third-order valence-corrected chi connectivity index (χ3v) is 7.22. The summed E-state index contributed by atoms with van der Waals surface area (Å²) in [7, 11) is 0. The number of para-hydroxylation sites is 1. The largest absolute Gasteiger partial charge is 0.422 e. The number of H-pyrrole nitrogens is 1. The highest BCUT2D eigenvalue weighted by Gasteiger charge is 2.22. The van der Waals surface area contributed by atoms with Crippen LogP contribution in [0.25, 0.3) is 32.8 Å². The Bertz CT molecular complexity index is 1960. The second-order valence-electron chi connectivity index (χ2n) is 9.20. The number of ether oxygens (including phenoxy) is 1. The molecule has 0 aliphatic rings. The van der Waals surface area contributed by atoms with E-state index in [1.54, 1.807) is 54.6 Å². The number of aromatic nitrogens is 1. The van der Waals surface area contributed by atoms with Gasteiger partial charge in [-0.1, -0.05) is 89.9 Å². The molecule has 0 fully saturated rings. The molecule has 0 unspecified atom stereocenters. The first-order valence-corrected chi connectivity index (χ1v) is 13.4. The lowest BCUT2D eigenvalue weighted by atomic mass is 9.99. The molecule has 0 aliphatic carbocycles. The summed E-state index contributed by atoms with van der Waals surface area (Å²) in [5, 5.41) is 8.11. The number of halogens is 2. The molecule has 6 aromatic rings. The number of aromatic amines is 1. The van der Waals surface area contributed by atoms with Gasteiger partial charge >= 0.3 is 5.97 Å². The van der Waals surface area contributed by atoms with Gasteiger partial charge in [-0.3, -0.25) is 4.79 Å². The van der Waals surface area contributed by atoms with Gasteiger partial charge in [-0.2, -0.15) is 5.10 Å². The summed E-state index contributed by atoms with van der Waals surface area (Å²) in [5.74, 6) is -0.701. The van der Waals surface area contributed by atoms with Crippen LogP contribution in [0.1, 0.15) is 26.4 Å². The number of carbonyl (C=O) groups is 2. The lowest BCUT2D eigenvalue weighted by Crippen LogP contribution is -2.19. The summed E-state index contributed by atoms with van der Waals surface area (Å²) in [6.45, 7) is 0. The minimum Gasteiger partial charge on any atom is -0.422 e. The van der Waals surface area contributed by atoms with Gasteiger partial charge in [-0.05, 0) is 47.9 Å². The van der Waals surface area contributed by atoms with Gasteiger partial charge in [0, 0.05) is 37.5 Å². The number of carbonyl (C=O) groups excluding carboxylic acids is 2. The van der Waals surface area contributed by atoms with Crippen LogP contribution in [0, 0.1) is 0 Å². The summed E-state index contributed by atoms with van der Waals surface area (Å²) < 4.78 is 5.58. The number of rotatable bonds is 6. The molecule has 41 heavy (non-hydrogen) atoms. The number of nitrogens with zero attached hydrogens (tertiary/aromatic N) is 1. The molecule has 0 saturated carbocycles. The Kier molecular flexibility index (Phi) is 7.25. The molecule has 0 aliphatic heterocycles. The quantitative estimate of drug-likeness (QED) is 0.0903. The predicted molar refractivity (Wildman–Crippen MR) is 164 cm³/mol. The number of esters is 1. The lowest BCUT2D eigenvalue weighted by molar-refractivity contribution is 0.0734. The van der Waals surface area contributed by atoms with Crippen molar-refractivity contribution in [2.75, 3.05) is 0 Å². The molecule has 0 spiro atoms. The summed E-state index contributed by atoms with van der Waals surface area (Å²) in [4.78, 5) is 29.5. The van der Waals surface area contributed by atoms with Crippen LogP contribution in [0.3, 0.4) is 0 Å². The first-order chi connectivity index (χ1) is 20.0. The predicted octanol–water partition coefficient (Wildman–Crippen LogP) is 8.28. The van der Waals surface area contributed by atoms with Crippen LogP contribution >= 0.6 is 23.2 Å². The topological polar surface area (TPSA) is 83.5 Å². The Morgan fingerprint density at radius 2 is 1.51 bits per heavy atom. The molecule has 1 amide bonds. The Balaban J connectivity index is 1.31. The fraction of sp³-hybridized carbons (Fsp3) is 0. The van der Waals surface area contributed by atoms with Crippen LogP contribution in [-0.4, -0.2) is 23.1 Å². The van der Waals surface area contributed by atoms with Crippen LogP contribution in [0.4, 0.5) is 0 Å². The monoisotopic (exact) mass is 577 g/mol. The summed E-state index contributed by atoms with van der Waals surface area (Å²) in [6.07, 6.45) is 1.43. The van der Waals surface area contributed by atoms with E-state index in [4.69, 9.17) is 27.9 Å². The van der Waals surface area contributed by atoms with Gasteiger partial charge in [-0.15, -0.1) is 0 Å².